The van der Waals surface area contributed by atoms with Crippen LogP contribution in [0.5, 0.6) is 0 Å². The van der Waals surface area contributed by atoms with Gasteiger partial charge in [0.05, 0.1) is 30.7 Å². The maximum Gasteiger partial charge on any atom is 0.338 e. The lowest BCUT2D eigenvalue weighted by Crippen LogP contribution is -2.44. The van der Waals surface area contributed by atoms with Crippen molar-refractivity contribution in [3.05, 3.63) is 88.6 Å². The number of rotatable bonds is 7. The number of imidazole rings is 1. The van der Waals surface area contributed by atoms with Gasteiger partial charge in [0.25, 0.3) is 0 Å². The number of carbonyl (C=O) groups excluding carboxylic acids is 2. The quantitative estimate of drug-likeness (QED) is 0.195. The fraction of sp³-hybridized carbons (Fsp3) is 0.240. The molecule has 0 N–H and O–H groups in total. The highest BCUT2D eigenvalue weighted by molar-refractivity contribution is 6.35. The Morgan fingerprint density at radius 1 is 0.886 bits per heavy atom. The molecule has 4 aromatic rings. The number of hydrogen-bond acceptors (Lipinski definition) is 7. The summed E-state index contributed by atoms with van der Waals surface area (Å²) in [4.78, 5) is 37.6. The van der Waals surface area contributed by atoms with Gasteiger partial charge in [-0.2, -0.15) is 4.98 Å². The van der Waals surface area contributed by atoms with Crippen LogP contribution in [0, 0.1) is 11.8 Å². The highest BCUT2D eigenvalue weighted by atomic mass is 35.5. The minimum Gasteiger partial charge on any atom is -0.462 e. The lowest BCUT2D eigenvalue weighted by Gasteiger charge is -2.44. The van der Waals surface area contributed by atoms with Crippen LogP contribution in [-0.4, -0.2) is 44.7 Å². The molecule has 0 radical (unpaired) electrons. The fourth-order valence-electron chi connectivity index (χ4n) is 4.31. The molecule has 35 heavy (non-hydrogen) atoms. The molecule has 1 fully saturated rings. The van der Waals surface area contributed by atoms with Crippen molar-refractivity contribution in [2.24, 2.45) is 11.8 Å². The second-order valence-electron chi connectivity index (χ2n) is 8.26. The van der Waals surface area contributed by atoms with E-state index in [-0.39, 0.29) is 41.5 Å². The van der Waals surface area contributed by atoms with E-state index in [0.29, 0.717) is 28.7 Å². The third-order valence-electron chi connectivity index (χ3n) is 6.21. The summed E-state index contributed by atoms with van der Waals surface area (Å²) in [5.41, 5.74) is 1.89. The highest BCUT2D eigenvalue weighted by Crippen LogP contribution is 2.46. The molecule has 0 spiro atoms. The maximum absolute atomic E-state index is 12.6. The summed E-state index contributed by atoms with van der Waals surface area (Å²) in [6, 6.07) is 17.5. The second kappa shape index (κ2) is 10.0. The number of nitrogens with zero attached hydrogens (tertiary/aromatic N) is 4. The molecule has 1 aliphatic rings. The van der Waals surface area contributed by atoms with Crippen LogP contribution >= 0.6 is 23.2 Å². The molecule has 0 bridgehead atoms. The third kappa shape index (κ3) is 4.85. The predicted molar refractivity (Wildman–Crippen MR) is 129 cm³/mol. The summed E-state index contributed by atoms with van der Waals surface area (Å²) < 4.78 is 13.1. The Morgan fingerprint density at radius 3 is 2.11 bits per heavy atom. The Balaban J connectivity index is 1.34. The van der Waals surface area contributed by atoms with E-state index in [1.165, 1.54) is 0 Å². The number of ether oxygens (including phenoxy) is 2. The zero-order valence-electron chi connectivity index (χ0n) is 18.4. The lowest BCUT2D eigenvalue weighted by molar-refractivity contribution is -0.0308. The van der Waals surface area contributed by atoms with E-state index in [4.69, 9.17) is 32.7 Å². The smallest absolute Gasteiger partial charge is 0.338 e. The van der Waals surface area contributed by atoms with Crippen molar-refractivity contribution < 1.29 is 19.1 Å². The zero-order chi connectivity index (χ0) is 24.4. The van der Waals surface area contributed by atoms with Crippen molar-refractivity contribution in [2.75, 3.05) is 13.2 Å². The van der Waals surface area contributed by atoms with Crippen molar-refractivity contribution in [1.29, 1.82) is 0 Å². The van der Waals surface area contributed by atoms with Crippen LogP contribution < -0.4 is 0 Å². The first-order chi connectivity index (χ1) is 17.0. The Labute approximate surface area is 210 Å². The molecule has 2 heterocycles. The summed E-state index contributed by atoms with van der Waals surface area (Å²) in [5, 5.41) is 0.183. The van der Waals surface area contributed by atoms with Crippen LogP contribution in [0.1, 0.15) is 33.2 Å². The van der Waals surface area contributed by atoms with Gasteiger partial charge in [0, 0.05) is 17.9 Å². The van der Waals surface area contributed by atoms with Crippen molar-refractivity contribution in [2.45, 2.75) is 12.5 Å². The Bertz CT molecular complexity index is 1360. The molecule has 10 heteroatoms. The normalized spacial score (nSPS) is 19.2. The van der Waals surface area contributed by atoms with Crippen molar-refractivity contribution >= 4 is 46.3 Å². The van der Waals surface area contributed by atoms with Gasteiger partial charge in [0.15, 0.2) is 10.8 Å². The van der Waals surface area contributed by atoms with E-state index in [1.807, 2.05) is 16.7 Å². The van der Waals surface area contributed by atoms with Gasteiger partial charge in [0.1, 0.15) is 5.52 Å². The molecular weight excluding hydrogens is 491 g/mol. The monoisotopic (exact) mass is 510 g/mol. The maximum atomic E-state index is 12.6. The van der Waals surface area contributed by atoms with Gasteiger partial charge in [-0.1, -0.05) is 48.0 Å². The van der Waals surface area contributed by atoms with Crippen LogP contribution in [-0.2, 0) is 9.47 Å². The molecule has 3 atom stereocenters. The zero-order valence-corrected chi connectivity index (χ0v) is 19.9. The van der Waals surface area contributed by atoms with Crippen molar-refractivity contribution in [1.82, 2.24) is 19.5 Å². The summed E-state index contributed by atoms with van der Waals surface area (Å²) in [7, 11) is 0. The van der Waals surface area contributed by atoms with Gasteiger partial charge in [-0.3, -0.25) is 0 Å². The molecule has 2 aromatic heterocycles. The van der Waals surface area contributed by atoms with Gasteiger partial charge >= 0.3 is 11.9 Å². The van der Waals surface area contributed by atoms with Crippen LogP contribution in [0.15, 0.2) is 67.0 Å². The largest absolute Gasteiger partial charge is 0.462 e. The molecule has 1 aliphatic carbocycles. The minimum atomic E-state index is -0.416. The number of halogens is 2. The molecule has 178 valence electrons. The number of aromatic nitrogens is 4. The van der Waals surface area contributed by atoms with Crippen LogP contribution in [0.25, 0.3) is 11.2 Å². The van der Waals surface area contributed by atoms with Crippen molar-refractivity contribution in [3.63, 3.8) is 0 Å². The third-order valence-corrected chi connectivity index (χ3v) is 6.64. The second-order valence-corrected chi connectivity index (χ2v) is 8.96. The van der Waals surface area contributed by atoms with E-state index in [2.05, 4.69) is 15.0 Å². The number of carbonyl (C=O) groups is 2. The average molecular weight is 511 g/mol. The van der Waals surface area contributed by atoms with Gasteiger partial charge in [-0.05, 0) is 42.3 Å². The van der Waals surface area contributed by atoms with Crippen LogP contribution in [0.4, 0.5) is 0 Å². The number of hydrogen-bond donors (Lipinski definition) is 0. The van der Waals surface area contributed by atoms with E-state index < -0.39 is 11.9 Å². The van der Waals surface area contributed by atoms with Crippen LogP contribution in [0.3, 0.4) is 0 Å². The van der Waals surface area contributed by atoms with Gasteiger partial charge < -0.3 is 14.0 Å². The Morgan fingerprint density at radius 2 is 1.49 bits per heavy atom. The molecule has 0 saturated heterocycles. The highest BCUT2D eigenvalue weighted by Gasteiger charge is 2.44. The molecule has 0 amide bonds. The first-order valence-electron chi connectivity index (χ1n) is 11.0. The summed E-state index contributed by atoms with van der Waals surface area (Å²) in [5.74, 6) is -0.980. The van der Waals surface area contributed by atoms with E-state index >= 15 is 0 Å². The standard InChI is InChI=1S/C25H20Cl2N4O4/c26-21-20-22(30-25(27)29-21)31(14-28-20)19-11-17(12-34-23(32)15-7-3-1-4-8-15)18(19)13-35-24(33)16-9-5-2-6-10-16/h1-10,14,17-19H,11-13H2. The lowest BCUT2D eigenvalue weighted by atomic mass is 9.69. The van der Waals surface area contributed by atoms with Gasteiger partial charge in [-0.15, -0.1) is 0 Å². The molecular formula is C25H20Cl2N4O4. The molecule has 3 unspecified atom stereocenters. The topological polar surface area (TPSA) is 96.2 Å². The van der Waals surface area contributed by atoms with E-state index in [1.54, 1.807) is 54.9 Å². The first-order valence-corrected chi connectivity index (χ1v) is 11.8. The average Bonchev–Trinajstić information content (AvgIpc) is 3.28. The van der Waals surface area contributed by atoms with Gasteiger partial charge in [0.2, 0.25) is 5.28 Å². The summed E-state index contributed by atoms with van der Waals surface area (Å²) in [6.45, 7) is 0.332. The Kier molecular flexibility index (Phi) is 6.66. The van der Waals surface area contributed by atoms with E-state index in [0.717, 1.165) is 0 Å². The molecule has 0 aliphatic heterocycles. The van der Waals surface area contributed by atoms with E-state index in [9.17, 15) is 9.59 Å². The summed E-state index contributed by atoms with van der Waals surface area (Å²) in [6.07, 6.45) is 2.30. The fourth-order valence-corrected chi connectivity index (χ4v) is 4.73. The molecule has 5 rings (SSSR count). The van der Waals surface area contributed by atoms with Crippen molar-refractivity contribution in [3.8, 4) is 0 Å². The summed E-state index contributed by atoms with van der Waals surface area (Å²) >= 11 is 12.2. The SMILES string of the molecule is O=C(OCC1CC(n2cnc3c(Cl)nc(Cl)nc32)C1COC(=O)c1ccccc1)c1ccccc1. The van der Waals surface area contributed by atoms with Gasteiger partial charge in [-0.25, -0.2) is 19.6 Å². The minimum absolute atomic E-state index is 0.0176. The predicted octanol–water partition coefficient (Wildman–Crippen LogP) is 5.02. The number of benzene rings is 2. The van der Waals surface area contributed by atoms with Crippen LogP contribution in [0.2, 0.25) is 10.4 Å². The molecule has 1 saturated carbocycles. The number of fused-ring (bicyclic) bond motifs is 1. The Hall–Kier alpha value is -3.49. The number of esters is 2. The molecule has 2 aromatic carbocycles. The first kappa shape index (κ1) is 23.3. The molecule has 8 nitrogen and oxygen atoms in total.